The van der Waals surface area contributed by atoms with Crippen LogP contribution >= 0.6 is 0 Å². The zero-order valence-corrected chi connectivity index (χ0v) is 14.1. The minimum atomic E-state index is -0.542. The molecule has 124 valence electrons. The number of hydrogen-bond donors (Lipinski definition) is 0. The van der Waals surface area contributed by atoms with Gasteiger partial charge in [-0.15, -0.1) is 0 Å². The second-order valence-corrected chi connectivity index (χ2v) is 7.33. The van der Waals surface area contributed by atoms with E-state index in [1.165, 1.54) is 6.42 Å². The topological polar surface area (TPSA) is 52.6 Å². The summed E-state index contributed by atoms with van der Waals surface area (Å²) in [6.45, 7) is 5.52. The molecule has 0 aromatic rings. The molecule has 4 heteroatoms. The van der Waals surface area contributed by atoms with Crippen molar-refractivity contribution in [2.24, 2.45) is 0 Å². The normalized spacial score (nSPS) is 20.7. The van der Waals surface area contributed by atoms with E-state index in [0.717, 1.165) is 38.5 Å². The zero-order chi connectivity index (χ0) is 16.2. The average molecular weight is 308 g/mol. The summed E-state index contributed by atoms with van der Waals surface area (Å²) in [6.07, 6.45) is 8.48. The fraction of sp³-hybridized carbons (Fsp3) is 0.778. The number of esters is 2. The first-order valence-corrected chi connectivity index (χ1v) is 8.53. The van der Waals surface area contributed by atoms with E-state index in [-0.39, 0.29) is 18.0 Å². The van der Waals surface area contributed by atoms with E-state index in [4.69, 9.17) is 9.47 Å². The maximum Gasteiger partial charge on any atom is 0.335 e. The first-order chi connectivity index (χ1) is 10.4. The molecule has 0 saturated heterocycles. The standard InChI is InChI=1S/C18H28O4/c1-18(2,3)22-17(20)15-12-8-7-11-14(15)16(19)21-13-9-5-4-6-10-13/h13H,4-12H2,1-3H3. The van der Waals surface area contributed by atoms with Crippen molar-refractivity contribution in [3.8, 4) is 0 Å². The number of rotatable bonds is 3. The third-order valence-electron chi connectivity index (χ3n) is 4.19. The highest BCUT2D eigenvalue weighted by atomic mass is 16.6. The lowest BCUT2D eigenvalue weighted by atomic mass is 9.91. The van der Waals surface area contributed by atoms with Gasteiger partial charge in [0.1, 0.15) is 11.7 Å². The quantitative estimate of drug-likeness (QED) is 0.737. The van der Waals surface area contributed by atoms with Gasteiger partial charge in [-0.1, -0.05) is 6.42 Å². The Bertz CT molecular complexity index is 450. The Morgan fingerprint density at radius 2 is 1.41 bits per heavy atom. The van der Waals surface area contributed by atoms with Crippen molar-refractivity contribution in [1.29, 1.82) is 0 Å². The molecular formula is C18H28O4. The van der Waals surface area contributed by atoms with Crippen LogP contribution in [0.5, 0.6) is 0 Å². The van der Waals surface area contributed by atoms with E-state index >= 15 is 0 Å². The van der Waals surface area contributed by atoms with Gasteiger partial charge in [0, 0.05) is 11.1 Å². The summed E-state index contributed by atoms with van der Waals surface area (Å²) < 4.78 is 11.1. The molecule has 2 aliphatic rings. The molecule has 0 spiro atoms. The molecule has 1 saturated carbocycles. The molecule has 0 N–H and O–H groups in total. The summed E-state index contributed by atoms with van der Waals surface area (Å²) in [5, 5.41) is 0. The summed E-state index contributed by atoms with van der Waals surface area (Å²) in [5.41, 5.74) is 0.535. The predicted octanol–water partition coefficient (Wildman–Crippen LogP) is 4.07. The van der Waals surface area contributed by atoms with Crippen molar-refractivity contribution in [1.82, 2.24) is 0 Å². The molecule has 0 radical (unpaired) electrons. The van der Waals surface area contributed by atoms with E-state index in [0.29, 0.717) is 24.0 Å². The fourth-order valence-electron chi connectivity index (χ4n) is 3.10. The van der Waals surface area contributed by atoms with Crippen LogP contribution in [0.25, 0.3) is 0 Å². The smallest absolute Gasteiger partial charge is 0.335 e. The van der Waals surface area contributed by atoms with Crippen LogP contribution in [0.3, 0.4) is 0 Å². The van der Waals surface area contributed by atoms with Crippen LogP contribution < -0.4 is 0 Å². The van der Waals surface area contributed by atoms with Gasteiger partial charge in [-0.3, -0.25) is 0 Å². The van der Waals surface area contributed by atoms with Crippen molar-refractivity contribution in [2.75, 3.05) is 0 Å². The summed E-state index contributed by atoms with van der Waals surface area (Å²) in [6, 6.07) is 0. The molecule has 0 bridgehead atoms. The Hall–Kier alpha value is -1.32. The lowest BCUT2D eigenvalue weighted by Gasteiger charge is -2.26. The highest BCUT2D eigenvalue weighted by Gasteiger charge is 2.29. The maximum absolute atomic E-state index is 12.5. The molecule has 2 rings (SSSR count). The van der Waals surface area contributed by atoms with Crippen molar-refractivity contribution in [2.45, 2.75) is 90.3 Å². The van der Waals surface area contributed by atoms with Gasteiger partial charge in [0.15, 0.2) is 0 Å². The minimum absolute atomic E-state index is 0.0237. The second kappa shape index (κ2) is 7.30. The fourth-order valence-corrected chi connectivity index (χ4v) is 3.10. The van der Waals surface area contributed by atoms with Crippen LogP contribution in [0.2, 0.25) is 0 Å². The van der Waals surface area contributed by atoms with Gasteiger partial charge < -0.3 is 9.47 Å². The van der Waals surface area contributed by atoms with Crippen LogP contribution in [-0.2, 0) is 19.1 Å². The van der Waals surface area contributed by atoms with Gasteiger partial charge in [0.05, 0.1) is 0 Å². The van der Waals surface area contributed by atoms with Crippen LogP contribution in [-0.4, -0.2) is 23.6 Å². The second-order valence-electron chi connectivity index (χ2n) is 7.33. The first-order valence-electron chi connectivity index (χ1n) is 8.53. The SMILES string of the molecule is CC(C)(C)OC(=O)C1=C(C(=O)OC2CCCCC2)CCCC1. The molecule has 0 aromatic heterocycles. The summed E-state index contributed by atoms with van der Waals surface area (Å²) in [4.78, 5) is 24.8. The van der Waals surface area contributed by atoms with Gasteiger partial charge in [-0.2, -0.15) is 0 Å². The molecule has 0 aliphatic heterocycles. The van der Waals surface area contributed by atoms with Gasteiger partial charge in [0.25, 0.3) is 0 Å². The molecular weight excluding hydrogens is 280 g/mol. The third kappa shape index (κ3) is 4.85. The molecule has 1 fully saturated rings. The van der Waals surface area contributed by atoms with Gasteiger partial charge in [-0.25, -0.2) is 9.59 Å². The Balaban J connectivity index is 2.08. The molecule has 0 amide bonds. The Morgan fingerprint density at radius 3 is 1.95 bits per heavy atom. The molecule has 0 aromatic carbocycles. The Kier molecular flexibility index (Phi) is 5.65. The average Bonchev–Trinajstić information content (AvgIpc) is 2.46. The highest BCUT2D eigenvalue weighted by Crippen LogP contribution is 2.29. The lowest BCUT2D eigenvalue weighted by molar-refractivity contribution is -0.152. The van der Waals surface area contributed by atoms with Crippen molar-refractivity contribution in [3.63, 3.8) is 0 Å². The molecule has 22 heavy (non-hydrogen) atoms. The van der Waals surface area contributed by atoms with Crippen molar-refractivity contribution < 1.29 is 19.1 Å². The molecule has 0 heterocycles. The van der Waals surface area contributed by atoms with E-state index in [1.54, 1.807) is 0 Å². The van der Waals surface area contributed by atoms with Crippen LogP contribution in [0.15, 0.2) is 11.1 Å². The number of carbonyl (C=O) groups is 2. The van der Waals surface area contributed by atoms with Crippen LogP contribution in [0.4, 0.5) is 0 Å². The van der Waals surface area contributed by atoms with E-state index < -0.39 is 5.60 Å². The Labute approximate surface area is 133 Å². The molecule has 0 unspecified atom stereocenters. The number of carbonyl (C=O) groups excluding carboxylic acids is 2. The first kappa shape index (κ1) is 17.0. The number of ether oxygens (including phenoxy) is 2. The largest absolute Gasteiger partial charge is 0.459 e. The summed E-state index contributed by atoms with van der Waals surface area (Å²) >= 11 is 0. The monoisotopic (exact) mass is 308 g/mol. The van der Waals surface area contributed by atoms with E-state index in [2.05, 4.69) is 0 Å². The summed E-state index contributed by atoms with van der Waals surface area (Å²) in [7, 11) is 0. The van der Waals surface area contributed by atoms with Crippen molar-refractivity contribution >= 4 is 11.9 Å². The highest BCUT2D eigenvalue weighted by molar-refractivity contribution is 6.00. The van der Waals surface area contributed by atoms with E-state index in [1.807, 2.05) is 20.8 Å². The van der Waals surface area contributed by atoms with Crippen LogP contribution in [0, 0.1) is 0 Å². The predicted molar refractivity (Wildman–Crippen MR) is 84.3 cm³/mol. The Morgan fingerprint density at radius 1 is 0.864 bits per heavy atom. The van der Waals surface area contributed by atoms with Crippen LogP contribution in [0.1, 0.15) is 78.6 Å². The van der Waals surface area contributed by atoms with Crippen molar-refractivity contribution in [3.05, 3.63) is 11.1 Å². The summed E-state index contributed by atoms with van der Waals surface area (Å²) in [5.74, 6) is -0.657. The maximum atomic E-state index is 12.5. The van der Waals surface area contributed by atoms with E-state index in [9.17, 15) is 9.59 Å². The molecule has 0 atom stereocenters. The zero-order valence-electron chi connectivity index (χ0n) is 14.1. The number of hydrogen-bond acceptors (Lipinski definition) is 4. The molecule has 2 aliphatic carbocycles. The van der Waals surface area contributed by atoms with Gasteiger partial charge in [0.2, 0.25) is 0 Å². The third-order valence-corrected chi connectivity index (χ3v) is 4.19. The molecule has 4 nitrogen and oxygen atoms in total. The minimum Gasteiger partial charge on any atom is -0.459 e. The van der Waals surface area contributed by atoms with Gasteiger partial charge in [-0.05, 0) is 72.1 Å². The lowest BCUT2D eigenvalue weighted by Crippen LogP contribution is -2.28. The van der Waals surface area contributed by atoms with Gasteiger partial charge >= 0.3 is 11.9 Å².